The highest BCUT2D eigenvalue weighted by atomic mass is 16.3. The number of amides is 1. The third kappa shape index (κ3) is 4.68. The molecular formula is C19H27N3O2. The zero-order valence-corrected chi connectivity index (χ0v) is 14.7. The molecule has 0 radical (unpaired) electrons. The number of aromatic nitrogens is 2. The number of aliphatic hydroxyl groups is 1. The molecule has 0 bridgehead atoms. The van der Waals surface area contributed by atoms with Gasteiger partial charge in [0.25, 0.3) is 0 Å². The Labute approximate surface area is 143 Å². The molecular weight excluding hydrogens is 302 g/mol. The molecule has 5 nitrogen and oxygen atoms in total. The van der Waals surface area contributed by atoms with Crippen LogP contribution in [0.25, 0.3) is 0 Å². The molecule has 3 N–H and O–H groups in total. The van der Waals surface area contributed by atoms with Crippen LogP contribution in [0, 0.1) is 19.8 Å². The summed E-state index contributed by atoms with van der Waals surface area (Å²) in [6.07, 6.45) is 2.05. The monoisotopic (exact) mass is 329 g/mol. The van der Waals surface area contributed by atoms with Gasteiger partial charge in [-0.05, 0) is 44.2 Å². The molecule has 0 saturated carbocycles. The second kappa shape index (κ2) is 8.64. The van der Waals surface area contributed by atoms with Crippen molar-refractivity contribution in [3.05, 3.63) is 52.8 Å². The predicted octanol–water partition coefficient (Wildman–Crippen LogP) is 2.84. The largest absolute Gasteiger partial charge is 0.396 e. The second-order valence-electron chi connectivity index (χ2n) is 6.36. The topological polar surface area (TPSA) is 78.0 Å². The maximum atomic E-state index is 12.6. The molecule has 0 fully saturated rings. The smallest absolute Gasteiger partial charge is 0.223 e. The maximum absolute atomic E-state index is 12.6. The van der Waals surface area contributed by atoms with E-state index in [1.165, 1.54) is 0 Å². The molecule has 0 aliphatic carbocycles. The summed E-state index contributed by atoms with van der Waals surface area (Å²) < 4.78 is 0. The van der Waals surface area contributed by atoms with Gasteiger partial charge in [-0.15, -0.1) is 0 Å². The normalized spacial score (nSPS) is 13.5. The van der Waals surface area contributed by atoms with Crippen molar-refractivity contribution < 1.29 is 9.90 Å². The summed E-state index contributed by atoms with van der Waals surface area (Å²) in [5.74, 6) is -0.109. The molecule has 2 aromatic rings. The number of carbonyl (C=O) groups is 1. The van der Waals surface area contributed by atoms with Crippen LogP contribution in [-0.4, -0.2) is 27.8 Å². The van der Waals surface area contributed by atoms with Gasteiger partial charge in [0.2, 0.25) is 5.91 Å². The van der Waals surface area contributed by atoms with Gasteiger partial charge in [0.15, 0.2) is 0 Å². The lowest BCUT2D eigenvalue weighted by atomic mass is 9.97. The van der Waals surface area contributed by atoms with Crippen molar-refractivity contribution in [1.82, 2.24) is 15.5 Å². The van der Waals surface area contributed by atoms with Crippen LogP contribution in [0.4, 0.5) is 0 Å². The summed E-state index contributed by atoms with van der Waals surface area (Å²) in [5.41, 5.74) is 4.16. The first-order chi connectivity index (χ1) is 11.5. The molecule has 1 aromatic heterocycles. The predicted molar refractivity (Wildman–Crippen MR) is 94.6 cm³/mol. The molecule has 0 aliphatic heterocycles. The summed E-state index contributed by atoms with van der Waals surface area (Å²) >= 11 is 0. The highest BCUT2D eigenvalue weighted by Gasteiger charge is 2.21. The van der Waals surface area contributed by atoms with E-state index in [4.69, 9.17) is 5.11 Å². The third-order valence-electron chi connectivity index (χ3n) is 4.41. The highest BCUT2D eigenvalue weighted by molar-refractivity contribution is 5.79. The zero-order chi connectivity index (χ0) is 17.5. The number of benzene rings is 1. The highest BCUT2D eigenvalue weighted by Crippen LogP contribution is 2.20. The van der Waals surface area contributed by atoms with Crippen molar-refractivity contribution >= 4 is 5.91 Å². The summed E-state index contributed by atoms with van der Waals surface area (Å²) in [5, 5.41) is 19.4. The van der Waals surface area contributed by atoms with Crippen molar-refractivity contribution in [2.45, 2.75) is 46.1 Å². The molecule has 2 rings (SSSR count). The molecule has 0 aliphatic rings. The average Bonchev–Trinajstić information content (AvgIpc) is 2.91. The van der Waals surface area contributed by atoms with Crippen LogP contribution >= 0.6 is 0 Å². The SMILES string of the molecule is Cc1n[nH]c(C)c1CC(C)C(=O)NC(CCCO)c1ccccc1. The molecule has 0 saturated heterocycles. The Balaban J connectivity index is 2.03. The number of H-pyrrole nitrogens is 1. The number of hydrogen-bond donors (Lipinski definition) is 3. The number of rotatable bonds is 8. The first kappa shape index (κ1) is 18.2. The van der Waals surface area contributed by atoms with Gasteiger partial charge in [-0.2, -0.15) is 5.10 Å². The van der Waals surface area contributed by atoms with Crippen LogP contribution in [0.15, 0.2) is 30.3 Å². The summed E-state index contributed by atoms with van der Waals surface area (Å²) in [7, 11) is 0. The van der Waals surface area contributed by atoms with Gasteiger partial charge in [-0.25, -0.2) is 0 Å². The first-order valence-electron chi connectivity index (χ1n) is 8.49. The number of nitrogens with one attached hydrogen (secondary N) is 2. The van der Waals surface area contributed by atoms with Crippen LogP contribution in [-0.2, 0) is 11.2 Å². The van der Waals surface area contributed by atoms with Crippen LogP contribution in [0.3, 0.4) is 0 Å². The van der Waals surface area contributed by atoms with Gasteiger partial charge in [0, 0.05) is 18.2 Å². The van der Waals surface area contributed by atoms with E-state index in [9.17, 15) is 4.79 Å². The molecule has 0 spiro atoms. The van der Waals surface area contributed by atoms with E-state index >= 15 is 0 Å². The van der Waals surface area contributed by atoms with Crippen LogP contribution in [0.5, 0.6) is 0 Å². The van der Waals surface area contributed by atoms with Crippen LogP contribution in [0.1, 0.15) is 48.3 Å². The van der Waals surface area contributed by atoms with E-state index in [0.29, 0.717) is 12.8 Å². The Hall–Kier alpha value is -2.14. The van der Waals surface area contributed by atoms with Gasteiger partial charge in [-0.1, -0.05) is 37.3 Å². The van der Waals surface area contributed by atoms with Gasteiger partial charge >= 0.3 is 0 Å². The molecule has 130 valence electrons. The van der Waals surface area contributed by atoms with E-state index in [1.807, 2.05) is 51.1 Å². The number of aromatic amines is 1. The van der Waals surface area contributed by atoms with Gasteiger partial charge in [-0.3, -0.25) is 9.89 Å². The molecule has 2 atom stereocenters. The number of nitrogens with zero attached hydrogens (tertiary/aromatic N) is 1. The van der Waals surface area contributed by atoms with E-state index < -0.39 is 0 Å². The Morgan fingerprint density at radius 3 is 2.58 bits per heavy atom. The quantitative estimate of drug-likeness (QED) is 0.697. The minimum Gasteiger partial charge on any atom is -0.396 e. The molecule has 5 heteroatoms. The van der Waals surface area contributed by atoms with Crippen molar-refractivity contribution in [2.24, 2.45) is 5.92 Å². The Kier molecular flexibility index (Phi) is 6.55. The molecule has 2 unspecified atom stereocenters. The van der Waals surface area contributed by atoms with E-state index in [-0.39, 0.29) is 24.5 Å². The Morgan fingerprint density at radius 2 is 2.00 bits per heavy atom. The molecule has 1 amide bonds. The second-order valence-corrected chi connectivity index (χ2v) is 6.36. The van der Waals surface area contributed by atoms with Crippen molar-refractivity contribution in [3.8, 4) is 0 Å². The molecule has 1 aromatic carbocycles. The number of hydrogen-bond acceptors (Lipinski definition) is 3. The lowest BCUT2D eigenvalue weighted by Crippen LogP contribution is -2.34. The average molecular weight is 329 g/mol. The van der Waals surface area contributed by atoms with Crippen molar-refractivity contribution in [1.29, 1.82) is 0 Å². The summed E-state index contributed by atoms with van der Waals surface area (Å²) in [6, 6.07) is 9.85. The maximum Gasteiger partial charge on any atom is 0.223 e. The van der Waals surface area contributed by atoms with Crippen molar-refractivity contribution in [3.63, 3.8) is 0 Å². The fourth-order valence-electron chi connectivity index (χ4n) is 2.89. The van der Waals surface area contributed by atoms with Crippen LogP contribution < -0.4 is 5.32 Å². The minimum atomic E-state index is -0.139. The first-order valence-corrected chi connectivity index (χ1v) is 8.49. The molecule has 1 heterocycles. The zero-order valence-electron chi connectivity index (χ0n) is 14.7. The summed E-state index contributed by atoms with van der Waals surface area (Å²) in [4.78, 5) is 12.6. The standard InChI is InChI=1S/C19H27N3O2/c1-13(12-17-14(2)21-22-15(17)3)19(24)20-18(10-7-11-23)16-8-5-4-6-9-16/h4-6,8-9,13,18,23H,7,10-12H2,1-3H3,(H,20,24)(H,21,22). The fraction of sp³-hybridized carbons (Fsp3) is 0.474. The lowest BCUT2D eigenvalue weighted by Gasteiger charge is -2.21. The molecule has 24 heavy (non-hydrogen) atoms. The number of aryl methyl sites for hydroxylation is 2. The van der Waals surface area contributed by atoms with Gasteiger partial charge in [0.1, 0.15) is 0 Å². The number of aliphatic hydroxyl groups excluding tert-OH is 1. The van der Waals surface area contributed by atoms with Gasteiger partial charge < -0.3 is 10.4 Å². The Bertz CT molecular complexity index is 632. The van der Waals surface area contributed by atoms with E-state index in [2.05, 4.69) is 15.5 Å². The summed E-state index contributed by atoms with van der Waals surface area (Å²) in [6.45, 7) is 6.00. The third-order valence-corrected chi connectivity index (χ3v) is 4.41. The van der Waals surface area contributed by atoms with E-state index in [0.717, 1.165) is 28.9 Å². The van der Waals surface area contributed by atoms with Crippen LogP contribution in [0.2, 0.25) is 0 Å². The Morgan fingerprint density at radius 1 is 1.29 bits per heavy atom. The van der Waals surface area contributed by atoms with Gasteiger partial charge in [0.05, 0.1) is 11.7 Å². The fourth-order valence-corrected chi connectivity index (χ4v) is 2.89. The van der Waals surface area contributed by atoms with E-state index in [1.54, 1.807) is 0 Å². The minimum absolute atomic E-state index is 0.0294. The lowest BCUT2D eigenvalue weighted by molar-refractivity contribution is -0.125. The number of carbonyl (C=O) groups excluding carboxylic acids is 1. The van der Waals surface area contributed by atoms with Crippen molar-refractivity contribution in [2.75, 3.05) is 6.61 Å².